The molecule has 2 saturated heterocycles. The van der Waals surface area contributed by atoms with Gasteiger partial charge in [0.05, 0.1) is 5.54 Å². The highest BCUT2D eigenvalue weighted by molar-refractivity contribution is 5.87. The first-order chi connectivity index (χ1) is 8.59. The predicted octanol–water partition coefficient (Wildman–Crippen LogP) is 1.07. The summed E-state index contributed by atoms with van der Waals surface area (Å²) in [6, 6.07) is 0.536. The number of nitrogens with one attached hydrogen (secondary N) is 1. The fourth-order valence-corrected chi connectivity index (χ4v) is 3.39. The van der Waals surface area contributed by atoms with Gasteiger partial charge >= 0.3 is 0 Å². The Morgan fingerprint density at radius 2 is 2.28 bits per heavy atom. The Bertz CT molecular complexity index is 297. The van der Waals surface area contributed by atoms with E-state index in [4.69, 9.17) is 0 Å². The van der Waals surface area contributed by atoms with Crippen molar-refractivity contribution < 1.29 is 4.79 Å². The molecular weight excluding hydrogens is 226 g/mol. The molecule has 1 amide bonds. The third kappa shape index (κ3) is 2.54. The van der Waals surface area contributed by atoms with Gasteiger partial charge in [-0.15, -0.1) is 0 Å². The lowest BCUT2D eigenvalue weighted by molar-refractivity contribution is -0.137. The molecule has 0 aliphatic carbocycles. The first-order valence-corrected chi connectivity index (χ1v) is 7.30. The third-order valence-corrected chi connectivity index (χ3v) is 4.51. The summed E-state index contributed by atoms with van der Waals surface area (Å²) in [4.78, 5) is 17.1. The Balaban J connectivity index is 2.02. The minimum Gasteiger partial charge on any atom is -0.339 e. The topological polar surface area (TPSA) is 35.6 Å². The number of carbonyl (C=O) groups excluding carboxylic acids is 1. The smallest absolute Gasteiger partial charge is 0.242 e. The van der Waals surface area contributed by atoms with Gasteiger partial charge in [0.1, 0.15) is 0 Å². The monoisotopic (exact) mass is 253 g/mol. The highest BCUT2D eigenvalue weighted by Crippen LogP contribution is 2.29. The van der Waals surface area contributed by atoms with Crippen molar-refractivity contribution in [3.8, 4) is 0 Å². The SMILES string of the molecule is CCCC1(C(=O)N2CCC(N(C)C)C2)CCCN1. The second-order valence-electron chi connectivity index (χ2n) is 6.02. The van der Waals surface area contributed by atoms with Crippen molar-refractivity contribution in [2.75, 3.05) is 33.7 Å². The molecule has 4 nitrogen and oxygen atoms in total. The standard InChI is InChI=1S/C14H27N3O/c1-4-7-14(8-5-9-15-14)13(18)17-10-6-12(11-17)16(2)3/h12,15H,4-11H2,1-3H3. The van der Waals surface area contributed by atoms with Crippen LogP contribution in [0.4, 0.5) is 0 Å². The zero-order chi connectivity index (χ0) is 13.2. The molecule has 0 radical (unpaired) electrons. The maximum absolute atomic E-state index is 12.8. The summed E-state index contributed by atoms with van der Waals surface area (Å²) >= 11 is 0. The van der Waals surface area contributed by atoms with Crippen molar-refractivity contribution >= 4 is 5.91 Å². The largest absolute Gasteiger partial charge is 0.339 e. The van der Waals surface area contributed by atoms with Crippen molar-refractivity contribution in [3.63, 3.8) is 0 Å². The molecule has 2 heterocycles. The summed E-state index contributed by atoms with van der Waals surface area (Å²) in [6.07, 6.45) is 5.32. The Kier molecular flexibility index (Phi) is 4.28. The van der Waals surface area contributed by atoms with Crippen LogP contribution in [0.5, 0.6) is 0 Å². The molecule has 2 fully saturated rings. The van der Waals surface area contributed by atoms with E-state index in [2.05, 4.69) is 36.1 Å². The lowest BCUT2D eigenvalue weighted by Crippen LogP contribution is -2.54. The molecule has 2 unspecified atom stereocenters. The maximum Gasteiger partial charge on any atom is 0.242 e. The molecule has 2 aliphatic rings. The highest BCUT2D eigenvalue weighted by Gasteiger charge is 2.44. The summed E-state index contributed by atoms with van der Waals surface area (Å²) in [5, 5.41) is 3.49. The van der Waals surface area contributed by atoms with Crippen LogP contribution in [0, 0.1) is 0 Å². The van der Waals surface area contributed by atoms with E-state index in [1.807, 2.05) is 0 Å². The van der Waals surface area contributed by atoms with Gasteiger partial charge in [0, 0.05) is 19.1 Å². The Morgan fingerprint density at radius 1 is 1.50 bits per heavy atom. The van der Waals surface area contributed by atoms with Gasteiger partial charge < -0.3 is 15.1 Å². The molecule has 0 saturated carbocycles. The van der Waals surface area contributed by atoms with Crippen LogP contribution in [-0.2, 0) is 4.79 Å². The number of hydrogen-bond donors (Lipinski definition) is 1. The number of carbonyl (C=O) groups is 1. The Hall–Kier alpha value is -0.610. The van der Waals surface area contributed by atoms with Gasteiger partial charge in [-0.05, 0) is 46.3 Å². The molecule has 2 atom stereocenters. The molecule has 18 heavy (non-hydrogen) atoms. The maximum atomic E-state index is 12.8. The van der Waals surface area contributed by atoms with Gasteiger partial charge in [-0.2, -0.15) is 0 Å². The molecule has 0 bridgehead atoms. The number of likely N-dealkylation sites (N-methyl/N-ethyl adjacent to an activating group) is 1. The van der Waals surface area contributed by atoms with Gasteiger partial charge in [0.25, 0.3) is 0 Å². The zero-order valence-corrected chi connectivity index (χ0v) is 12.0. The molecular formula is C14H27N3O. The fraction of sp³-hybridized carbons (Fsp3) is 0.929. The van der Waals surface area contributed by atoms with Gasteiger partial charge in [-0.25, -0.2) is 0 Å². The van der Waals surface area contributed by atoms with Crippen LogP contribution >= 0.6 is 0 Å². The predicted molar refractivity (Wildman–Crippen MR) is 73.5 cm³/mol. The Labute approximate surface area is 111 Å². The van der Waals surface area contributed by atoms with E-state index < -0.39 is 0 Å². The van der Waals surface area contributed by atoms with Crippen LogP contribution in [-0.4, -0.2) is 61.0 Å². The van der Waals surface area contributed by atoms with E-state index in [-0.39, 0.29) is 5.54 Å². The van der Waals surface area contributed by atoms with Crippen LogP contribution in [0.2, 0.25) is 0 Å². The molecule has 1 N–H and O–H groups in total. The van der Waals surface area contributed by atoms with Gasteiger partial charge in [0.15, 0.2) is 0 Å². The lowest BCUT2D eigenvalue weighted by atomic mass is 9.90. The average molecular weight is 253 g/mol. The van der Waals surface area contributed by atoms with Gasteiger partial charge in [-0.1, -0.05) is 13.3 Å². The second kappa shape index (κ2) is 5.57. The van der Waals surface area contributed by atoms with Crippen molar-refractivity contribution in [1.29, 1.82) is 0 Å². The Morgan fingerprint density at radius 3 is 2.78 bits per heavy atom. The van der Waals surface area contributed by atoms with E-state index in [1.54, 1.807) is 0 Å². The highest BCUT2D eigenvalue weighted by atomic mass is 16.2. The summed E-state index contributed by atoms with van der Waals surface area (Å²) in [5.74, 6) is 0.353. The van der Waals surface area contributed by atoms with Crippen LogP contribution < -0.4 is 5.32 Å². The molecule has 104 valence electrons. The van der Waals surface area contributed by atoms with Crippen molar-refractivity contribution in [1.82, 2.24) is 15.1 Å². The summed E-state index contributed by atoms with van der Waals surface area (Å²) in [7, 11) is 4.21. The quantitative estimate of drug-likeness (QED) is 0.814. The molecule has 0 aromatic carbocycles. The van der Waals surface area contributed by atoms with Crippen LogP contribution in [0.3, 0.4) is 0 Å². The van der Waals surface area contributed by atoms with Crippen molar-refractivity contribution in [3.05, 3.63) is 0 Å². The van der Waals surface area contributed by atoms with Crippen LogP contribution in [0.15, 0.2) is 0 Å². The lowest BCUT2D eigenvalue weighted by Gasteiger charge is -2.33. The molecule has 2 rings (SSSR count). The zero-order valence-electron chi connectivity index (χ0n) is 12.0. The number of nitrogens with zero attached hydrogens (tertiary/aromatic N) is 2. The molecule has 4 heteroatoms. The second-order valence-corrected chi connectivity index (χ2v) is 6.02. The first kappa shape index (κ1) is 13.8. The normalized spacial score (nSPS) is 32.4. The summed E-state index contributed by atoms with van der Waals surface area (Å²) < 4.78 is 0. The van der Waals surface area contributed by atoms with Crippen LogP contribution in [0.25, 0.3) is 0 Å². The third-order valence-electron chi connectivity index (χ3n) is 4.51. The van der Waals surface area contributed by atoms with Gasteiger partial charge in [0.2, 0.25) is 5.91 Å². The van der Waals surface area contributed by atoms with E-state index in [1.165, 1.54) is 0 Å². The van der Waals surface area contributed by atoms with Gasteiger partial charge in [-0.3, -0.25) is 4.79 Å². The minimum absolute atomic E-state index is 0.240. The number of hydrogen-bond acceptors (Lipinski definition) is 3. The van der Waals surface area contributed by atoms with Crippen molar-refractivity contribution in [2.24, 2.45) is 0 Å². The summed E-state index contributed by atoms with van der Waals surface area (Å²) in [6.45, 7) is 4.99. The van der Waals surface area contributed by atoms with Crippen LogP contribution in [0.1, 0.15) is 39.0 Å². The molecule has 0 spiro atoms. The summed E-state index contributed by atoms with van der Waals surface area (Å²) in [5.41, 5.74) is -0.240. The fourth-order valence-electron chi connectivity index (χ4n) is 3.39. The molecule has 0 aromatic heterocycles. The van der Waals surface area contributed by atoms with E-state index in [0.29, 0.717) is 11.9 Å². The number of rotatable bonds is 4. The molecule has 0 aromatic rings. The van der Waals surface area contributed by atoms with E-state index >= 15 is 0 Å². The van der Waals surface area contributed by atoms with E-state index in [9.17, 15) is 4.79 Å². The van der Waals surface area contributed by atoms with E-state index in [0.717, 1.165) is 51.7 Å². The minimum atomic E-state index is -0.240. The average Bonchev–Trinajstić information content (AvgIpc) is 2.97. The van der Waals surface area contributed by atoms with Crippen molar-refractivity contribution in [2.45, 2.75) is 50.6 Å². The molecule has 2 aliphatic heterocycles. The number of likely N-dealkylation sites (tertiary alicyclic amines) is 1. The first-order valence-electron chi connectivity index (χ1n) is 7.30. The number of amides is 1.